The van der Waals surface area contributed by atoms with Crippen molar-refractivity contribution in [1.29, 1.82) is 0 Å². The van der Waals surface area contributed by atoms with E-state index in [1.807, 2.05) is 13.8 Å². The van der Waals surface area contributed by atoms with Gasteiger partial charge >= 0.3 is 6.03 Å². The van der Waals surface area contributed by atoms with Crippen LogP contribution in [0, 0.1) is 11.7 Å². The minimum atomic E-state index is -0.455. The number of aliphatic hydroxyl groups excluding tert-OH is 1. The zero-order valence-corrected chi connectivity index (χ0v) is 9.90. The molecule has 1 unspecified atom stereocenters. The van der Waals surface area contributed by atoms with E-state index in [9.17, 15) is 9.18 Å². The van der Waals surface area contributed by atoms with Crippen LogP contribution in [0.4, 0.5) is 14.9 Å². The Morgan fingerprint density at radius 3 is 2.71 bits per heavy atom. The molecule has 0 aliphatic carbocycles. The number of carbonyl (C=O) groups excluding carboxylic acids is 1. The van der Waals surface area contributed by atoms with Crippen molar-refractivity contribution in [3.63, 3.8) is 0 Å². The van der Waals surface area contributed by atoms with Crippen LogP contribution in [-0.4, -0.2) is 23.8 Å². The van der Waals surface area contributed by atoms with Gasteiger partial charge in [-0.05, 0) is 24.1 Å². The van der Waals surface area contributed by atoms with E-state index in [0.29, 0.717) is 5.69 Å². The van der Waals surface area contributed by atoms with Gasteiger partial charge in [0.2, 0.25) is 0 Å². The summed E-state index contributed by atoms with van der Waals surface area (Å²) in [4.78, 5) is 11.5. The predicted octanol–water partition coefficient (Wildman–Crippen LogP) is 1.96. The molecule has 0 fully saturated rings. The second-order valence-electron chi connectivity index (χ2n) is 4.14. The number of halogens is 1. The molecule has 0 aliphatic heterocycles. The van der Waals surface area contributed by atoms with Crippen molar-refractivity contribution in [3.05, 3.63) is 30.1 Å². The summed E-state index contributed by atoms with van der Waals surface area (Å²) in [5.74, 6) is -0.288. The van der Waals surface area contributed by atoms with E-state index in [4.69, 9.17) is 5.11 Å². The lowest BCUT2D eigenvalue weighted by Gasteiger charge is -2.20. The zero-order chi connectivity index (χ0) is 12.8. The van der Waals surface area contributed by atoms with E-state index in [-0.39, 0.29) is 18.6 Å². The molecule has 5 heteroatoms. The second-order valence-corrected chi connectivity index (χ2v) is 4.14. The molecule has 0 radical (unpaired) electrons. The third-order valence-corrected chi connectivity index (χ3v) is 2.40. The summed E-state index contributed by atoms with van der Waals surface area (Å²) in [6, 6.07) is 4.85. The third-order valence-electron chi connectivity index (χ3n) is 2.40. The molecule has 0 aromatic heterocycles. The zero-order valence-electron chi connectivity index (χ0n) is 9.90. The average Bonchev–Trinajstić information content (AvgIpc) is 2.25. The molecule has 94 valence electrons. The maximum absolute atomic E-state index is 12.9. The number of urea groups is 1. The van der Waals surface area contributed by atoms with Gasteiger partial charge < -0.3 is 15.7 Å². The molecule has 0 saturated heterocycles. The van der Waals surface area contributed by atoms with Crippen molar-refractivity contribution in [1.82, 2.24) is 5.32 Å². The van der Waals surface area contributed by atoms with Gasteiger partial charge in [0.1, 0.15) is 5.82 Å². The van der Waals surface area contributed by atoms with Crippen LogP contribution >= 0.6 is 0 Å². The first-order valence-electron chi connectivity index (χ1n) is 5.47. The third kappa shape index (κ3) is 4.40. The Balaban J connectivity index is 2.55. The van der Waals surface area contributed by atoms with E-state index in [1.165, 1.54) is 18.2 Å². The van der Waals surface area contributed by atoms with Crippen LogP contribution < -0.4 is 10.6 Å². The molecule has 1 atom stereocenters. The second kappa shape index (κ2) is 6.20. The lowest BCUT2D eigenvalue weighted by Crippen LogP contribution is -2.43. The van der Waals surface area contributed by atoms with Crippen LogP contribution in [0.5, 0.6) is 0 Å². The molecular weight excluding hydrogens is 223 g/mol. The largest absolute Gasteiger partial charge is 0.394 e. The lowest BCUT2D eigenvalue weighted by atomic mass is 10.1. The summed E-state index contributed by atoms with van der Waals surface area (Å²) in [7, 11) is 0. The van der Waals surface area contributed by atoms with Crippen molar-refractivity contribution < 1.29 is 14.3 Å². The van der Waals surface area contributed by atoms with Gasteiger partial charge in [-0.2, -0.15) is 0 Å². The fourth-order valence-corrected chi connectivity index (χ4v) is 1.32. The van der Waals surface area contributed by atoms with Gasteiger partial charge in [-0.25, -0.2) is 9.18 Å². The number of anilines is 1. The molecule has 0 saturated carbocycles. The van der Waals surface area contributed by atoms with Crippen molar-refractivity contribution >= 4 is 11.7 Å². The highest BCUT2D eigenvalue weighted by molar-refractivity contribution is 5.89. The van der Waals surface area contributed by atoms with Crippen molar-refractivity contribution in [2.75, 3.05) is 11.9 Å². The molecule has 1 rings (SSSR count). The first-order chi connectivity index (χ1) is 8.02. The van der Waals surface area contributed by atoms with Crippen LogP contribution in [0.1, 0.15) is 13.8 Å². The first-order valence-corrected chi connectivity index (χ1v) is 5.47. The molecule has 4 nitrogen and oxygen atoms in total. The molecule has 1 aromatic rings. The number of aliphatic hydroxyl groups is 1. The van der Waals surface area contributed by atoms with Gasteiger partial charge in [-0.3, -0.25) is 0 Å². The highest BCUT2D eigenvalue weighted by Gasteiger charge is 2.14. The molecule has 17 heavy (non-hydrogen) atoms. The molecule has 0 spiro atoms. The Hall–Kier alpha value is -1.62. The van der Waals surface area contributed by atoms with Crippen LogP contribution in [-0.2, 0) is 0 Å². The Kier molecular flexibility index (Phi) is 4.90. The van der Waals surface area contributed by atoms with Gasteiger partial charge in [-0.15, -0.1) is 0 Å². The van der Waals surface area contributed by atoms with E-state index in [1.54, 1.807) is 6.07 Å². The van der Waals surface area contributed by atoms with Gasteiger partial charge in [-0.1, -0.05) is 19.9 Å². The summed E-state index contributed by atoms with van der Waals surface area (Å²) >= 11 is 0. The van der Waals surface area contributed by atoms with Gasteiger partial charge in [0, 0.05) is 5.69 Å². The molecule has 2 amide bonds. The number of carbonyl (C=O) groups is 1. The van der Waals surface area contributed by atoms with Crippen LogP contribution in [0.25, 0.3) is 0 Å². The number of hydrogen-bond acceptors (Lipinski definition) is 2. The van der Waals surface area contributed by atoms with Crippen molar-refractivity contribution in [2.24, 2.45) is 5.92 Å². The number of benzene rings is 1. The van der Waals surface area contributed by atoms with E-state index in [0.717, 1.165) is 0 Å². The summed E-state index contributed by atoms with van der Waals surface area (Å²) in [6.07, 6.45) is 0. The summed E-state index contributed by atoms with van der Waals surface area (Å²) in [5.41, 5.74) is 0.378. The standard InChI is InChI=1S/C12H17FN2O2/c1-8(2)11(7-16)15-12(17)14-10-5-3-4-9(13)6-10/h3-6,8,11,16H,7H2,1-2H3,(H2,14,15,17). The van der Waals surface area contributed by atoms with Crippen molar-refractivity contribution in [3.8, 4) is 0 Å². The van der Waals surface area contributed by atoms with E-state index >= 15 is 0 Å². The van der Waals surface area contributed by atoms with E-state index in [2.05, 4.69) is 10.6 Å². The summed E-state index contributed by atoms with van der Waals surface area (Å²) < 4.78 is 12.9. The fourth-order valence-electron chi connectivity index (χ4n) is 1.32. The SMILES string of the molecule is CC(C)C(CO)NC(=O)Nc1cccc(F)c1. The first kappa shape index (κ1) is 13.4. The number of amides is 2. The van der Waals surface area contributed by atoms with E-state index < -0.39 is 11.8 Å². The number of hydrogen-bond donors (Lipinski definition) is 3. The predicted molar refractivity (Wildman–Crippen MR) is 64.3 cm³/mol. The molecule has 3 N–H and O–H groups in total. The van der Waals surface area contributed by atoms with Gasteiger partial charge in [0.15, 0.2) is 0 Å². The molecule has 1 aromatic carbocycles. The van der Waals surface area contributed by atoms with Gasteiger partial charge in [0.25, 0.3) is 0 Å². The van der Waals surface area contributed by atoms with Crippen molar-refractivity contribution in [2.45, 2.75) is 19.9 Å². The number of rotatable bonds is 4. The summed E-state index contributed by atoms with van der Waals surface area (Å²) in [5, 5.41) is 14.2. The Labute approximate surface area is 99.8 Å². The highest BCUT2D eigenvalue weighted by atomic mass is 19.1. The Morgan fingerprint density at radius 1 is 1.47 bits per heavy atom. The Bertz CT molecular complexity index is 383. The molecule has 0 bridgehead atoms. The minimum Gasteiger partial charge on any atom is -0.394 e. The van der Waals surface area contributed by atoms with Gasteiger partial charge in [0.05, 0.1) is 12.6 Å². The topological polar surface area (TPSA) is 61.4 Å². The summed E-state index contributed by atoms with van der Waals surface area (Å²) in [6.45, 7) is 3.65. The molecule has 0 aliphatic rings. The smallest absolute Gasteiger partial charge is 0.319 e. The lowest BCUT2D eigenvalue weighted by molar-refractivity contribution is 0.204. The maximum Gasteiger partial charge on any atom is 0.319 e. The molecule has 0 heterocycles. The Morgan fingerprint density at radius 2 is 2.18 bits per heavy atom. The van der Waals surface area contributed by atoms with Crippen LogP contribution in [0.15, 0.2) is 24.3 Å². The normalized spacial score (nSPS) is 12.3. The van der Waals surface area contributed by atoms with Crippen LogP contribution in [0.2, 0.25) is 0 Å². The highest BCUT2D eigenvalue weighted by Crippen LogP contribution is 2.09. The maximum atomic E-state index is 12.9. The number of nitrogens with one attached hydrogen (secondary N) is 2. The average molecular weight is 240 g/mol. The minimum absolute atomic E-state index is 0.123. The molecular formula is C12H17FN2O2. The fraction of sp³-hybridized carbons (Fsp3) is 0.417. The van der Waals surface area contributed by atoms with Crippen LogP contribution in [0.3, 0.4) is 0 Å². The quantitative estimate of drug-likeness (QED) is 0.753. The monoisotopic (exact) mass is 240 g/mol.